The number of rotatable bonds is 4. The number of nitrogens with zero attached hydrogens (tertiary/aromatic N) is 1. The summed E-state index contributed by atoms with van der Waals surface area (Å²) in [5, 5.41) is 0. The zero-order valence-electron chi connectivity index (χ0n) is 15.0. The number of methoxy groups -OCH3 is 1. The van der Waals surface area contributed by atoms with Crippen molar-refractivity contribution in [3.63, 3.8) is 0 Å². The molecular formula is C20H22N2O4. The second kappa shape index (κ2) is 6.53. The Kier molecular flexibility index (Phi) is 4.20. The summed E-state index contributed by atoms with van der Waals surface area (Å²) >= 11 is 0. The van der Waals surface area contributed by atoms with Crippen LogP contribution in [0, 0.1) is 0 Å². The molecule has 0 unspecified atom stereocenters. The molecule has 0 spiro atoms. The van der Waals surface area contributed by atoms with E-state index in [-0.39, 0.29) is 18.6 Å². The number of hydrogen-bond acceptors (Lipinski definition) is 6. The van der Waals surface area contributed by atoms with Crippen LogP contribution in [-0.4, -0.2) is 38.2 Å². The largest absolute Gasteiger partial charge is 0.492 e. The van der Waals surface area contributed by atoms with E-state index in [2.05, 4.69) is 4.90 Å². The molecule has 2 aliphatic rings. The fourth-order valence-corrected chi connectivity index (χ4v) is 3.75. The molecule has 4 rings (SSSR count). The lowest BCUT2D eigenvalue weighted by molar-refractivity contribution is 0.0925. The van der Waals surface area contributed by atoms with Crippen molar-refractivity contribution in [2.45, 2.75) is 18.9 Å². The summed E-state index contributed by atoms with van der Waals surface area (Å²) in [5.41, 5.74) is 9.21. The van der Waals surface area contributed by atoms with Crippen molar-refractivity contribution < 1.29 is 19.0 Å². The average Bonchev–Trinajstić information content (AvgIpc) is 3.11. The van der Waals surface area contributed by atoms with Crippen LogP contribution >= 0.6 is 0 Å². The number of carbonyl (C=O) groups is 1. The second-order valence-corrected chi connectivity index (χ2v) is 6.71. The molecule has 0 amide bonds. The summed E-state index contributed by atoms with van der Waals surface area (Å²) in [7, 11) is 3.67. The summed E-state index contributed by atoms with van der Waals surface area (Å²) in [6, 6.07) is 9.01. The van der Waals surface area contributed by atoms with E-state index in [4.69, 9.17) is 19.9 Å². The molecule has 26 heavy (non-hydrogen) atoms. The standard InChI is InChI=1S/C20H22N2O4/c1-22-8-7-13-9-17-19(26-11-25-17)20(24-2)18(13)15(22)10-16(23)12-3-5-14(21)6-4-12/h3-6,9,15H,7-8,10-11,21H2,1-2H3/t15-/m0/s1. The molecule has 1 atom stereocenters. The third kappa shape index (κ3) is 2.76. The van der Waals surface area contributed by atoms with Crippen molar-refractivity contribution in [1.82, 2.24) is 4.90 Å². The van der Waals surface area contributed by atoms with Gasteiger partial charge in [0.2, 0.25) is 12.5 Å². The highest BCUT2D eigenvalue weighted by molar-refractivity contribution is 5.97. The molecule has 136 valence electrons. The molecule has 0 saturated carbocycles. The first kappa shape index (κ1) is 16.7. The van der Waals surface area contributed by atoms with Crippen LogP contribution in [-0.2, 0) is 6.42 Å². The first-order valence-corrected chi connectivity index (χ1v) is 8.67. The predicted molar refractivity (Wildman–Crippen MR) is 98.0 cm³/mol. The van der Waals surface area contributed by atoms with E-state index in [1.807, 2.05) is 13.1 Å². The minimum absolute atomic E-state index is 0.0757. The lowest BCUT2D eigenvalue weighted by Gasteiger charge is -2.35. The molecule has 0 bridgehead atoms. The van der Waals surface area contributed by atoms with E-state index in [0.717, 1.165) is 24.1 Å². The van der Waals surface area contributed by atoms with Gasteiger partial charge in [-0.05, 0) is 49.4 Å². The van der Waals surface area contributed by atoms with Crippen LogP contribution in [0.4, 0.5) is 5.69 Å². The van der Waals surface area contributed by atoms with Crippen molar-refractivity contribution >= 4 is 11.5 Å². The van der Waals surface area contributed by atoms with Gasteiger partial charge in [-0.3, -0.25) is 9.69 Å². The number of ether oxygens (including phenoxy) is 3. The fourth-order valence-electron chi connectivity index (χ4n) is 3.75. The number of fused-ring (bicyclic) bond motifs is 2. The molecule has 2 N–H and O–H groups in total. The lowest BCUT2D eigenvalue weighted by atomic mass is 9.87. The Morgan fingerprint density at radius 2 is 2.08 bits per heavy atom. The summed E-state index contributed by atoms with van der Waals surface area (Å²) in [6.45, 7) is 1.06. The van der Waals surface area contributed by atoms with Crippen LogP contribution < -0.4 is 19.9 Å². The molecule has 6 nitrogen and oxygen atoms in total. The average molecular weight is 354 g/mol. The van der Waals surface area contributed by atoms with E-state index in [1.54, 1.807) is 31.4 Å². The van der Waals surface area contributed by atoms with Gasteiger partial charge in [-0.25, -0.2) is 0 Å². The summed E-state index contributed by atoms with van der Waals surface area (Å²) < 4.78 is 16.8. The van der Waals surface area contributed by atoms with Gasteiger partial charge in [0.25, 0.3) is 0 Å². The Labute approximate surface area is 152 Å². The Bertz CT molecular complexity index is 848. The first-order chi connectivity index (χ1) is 12.6. The van der Waals surface area contributed by atoms with Gasteiger partial charge < -0.3 is 19.9 Å². The Balaban J connectivity index is 1.71. The predicted octanol–water partition coefficient (Wildman–Crippen LogP) is 2.81. The van der Waals surface area contributed by atoms with Crippen LogP contribution in [0.1, 0.15) is 33.9 Å². The minimum atomic E-state index is -0.0757. The SMILES string of the molecule is COc1c2c(cc3c1[C@H](CC(=O)c1ccc(N)cc1)N(C)CC3)OCO2. The van der Waals surface area contributed by atoms with Crippen molar-refractivity contribution in [2.75, 3.05) is 33.2 Å². The van der Waals surface area contributed by atoms with E-state index < -0.39 is 0 Å². The molecule has 2 aliphatic heterocycles. The van der Waals surface area contributed by atoms with Gasteiger partial charge in [-0.15, -0.1) is 0 Å². The third-order valence-electron chi connectivity index (χ3n) is 5.16. The van der Waals surface area contributed by atoms with E-state index in [0.29, 0.717) is 34.9 Å². The highest BCUT2D eigenvalue weighted by atomic mass is 16.7. The molecule has 0 radical (unpaired) electrons. The Morgan fingerprint density at radius 3 is 2.81 bits per heavy atom. The zero-order valence-corrected chi connectivity index (χ0v) is 15.0. The maximum Gasteiger partial charge on any atom is 0.231 e. The molecule has 2 aromatic carbocycles. The van der Waals surface area contributed by atoms with Crippen LogP contribution in [0.2, 0.25) is 0 Å². The van der Waals surface area contributed by atoms with Crippen LogP contribution in [0.25, 0.3) is 0 Å². The van der Waals surface area contributed by atoms with Crippen molar-refractivity contribution in [2.24, 2.45) is 0 Å². The third-order valence-corrected chi connectivity index (χ3v) is 5.16. The topological polar surface area (TPSA) is 74.0 Å². The number of nitrogen functional groups attached to an aromatic ring is 1. The number of Topliss-reactive ketones (excluding diaryl/α,β-unsaturated/α-hetero) is 1. The second-order valence-electron chi connectivity index (χ2n) is 6.71. The van der Waals surface area contributed by atoms with Gasteiger partial charge >= 0.3 is 0 Å². The van der Waals surface area contributed by atoms with Gasteiger partial charge in [-0.2, -0.15) is 0 Å². The molecule has 6 heteroatoms. The number of likely N-dealkylation sites (N-methyl/N-ethyl adjacent to an activating group) is 1. The highest BCUT2D eigenvalue weighted by Crippen LogP contribution is 2.50. The van der Waals surface area contributed by atoms with Crippen molar-refractivity contribution in [3.05, 3.63) is 47.0 Å². The monoisotopic (exact) mass is 354 g/mol. The zero-order chi connectivity index (χ0) is 18.3. The number of carbonyl (C=O) groups excluding carboxylic acids is 1. The Morgan fingerprint density at radius 1 is 1.31 bits per heavy atom. The number of ketones is 1. The number of anilines is 1. The van der Waals surface area contributed by atoms with Crippen molar-refractivity contribution in [3.8, 4) is 17.2 Å². The Hall–Kier alpha value is -2.73. The van der Waals surface area contributed by atoms with Gasteiger partial charge in [0.1, 0.15) is 0 Å². The molecule has 0 aromatic heterocycles. The van der Waals surface area contributed by atoms with Crippen LogP contribution in [0.3, 0.4) is 0 Å². The van der Waals surface area contributed by atoms with E-state index >= 15 is 0 Å². The van der Waals surface area contributed by atoms with Crippen LogP contribution in [0.15, 0.2) is 30.3 Å². The lowest BCUT2D eigenvalue weighted by Crippen LogP contribution is -2.34. The number of nitrogens with two attached hydrogens (primary N) is 1. The van der Waals surface area contributed by atoms with Gasteiger partial charge in [0, 0.05) is 35.8 Å². The normalized spacial score (nSPS) is 18.5. The van der Waals surface area contributed by atoms with Gasteiger partial charge in [0.05, 0.1) is 7.11 Å². The molecule has 0 saturated heterocycles. The van der Waals surface area contributed by atoms with Crippen molar-refractivity contribution in [1.29, 1.82) is 0 Å². The highest BCUT2D eigenvalue weighted by Gasteiger charge is 2.35. The van der Waals surface area contributed by atoms with E-state index in [1.165, 1.54) is 0 Å². The molecule has 0 fully saturated rings. The number of hydrogen-bond donors (Lipinski definition) is 1. The fraction of sp³-hybridized carbons (Fsp3) is 0.350. The smallest absolute Gasteiger partial charge is 0.231 e. The van der Waals surface area contributed by atoms with E-state index in [9.17, 15) is 4.79 Å². The summed E-state index contributed by atoms with van der Waals surface area (Å²) in [6.07, 6.45) is 1.24. The maximum atomic E-state index is 12.8. The van der Waals surface area contributed by atoms with Gasteiger partial charge in [-0.1, -0.05) is 0 Å². The summed E-state index contributed by atoms with van der Waals surface area (Å²) in [5.74, 6) is 2.10. The minimum Gasteiger partial charge on any atom is -0.492 e. The molecule has 2 aromatic rings. The first-order valence-electron chi connectivity index (χ1n) is 8.67. The number of benzene rings is 2. The van der Waals surface area contributed by atoms with Gasteiger partial charge in [0.15, 0.2) is 17.3 Å². The molecule has 0 aliphatic carbocycles. The van der Waals surface area contributed by atoms with Crippen LogP contribution in [0.5, 0.6) is 17.2 Å². The molecular weight excluding hydrogens is 332 g/mol. The maximum absolute atomic E-state index is 12.8. The summed E-state index contributed by atoms with van der Waals surface area (Å²) in [4.78, 5) is 15.0. The quantitative estimate of drug-likeness (QED) is 0.672. The molecule has 2 heterocycles.